The van der Waals surface area contributed by atoms with Crippen molar-refractivity contribution in [1.82, 2.24) is 4.68 Å². The molecule has 0 amide bonds. The maximum atomic E-state index is 11.9. The van der Waals surface area contributed by atoms with Gasteiger partial charge in [-0.25, -0.2) is 4.68 Å². The average molecular weight is 258 g/mol. The van der Waals surface area contributed by atoms with Crippen molar-refractivity contribution in [3.8, 4) is 21.9 Å². The normalized spacial score (nSPS) is 10.7. The first-order chi connectivity index (χ1) is 8.75. The van der Waals surface area contributed by atoms with Crippen LogP contribution in [0.1, 0.15) is 0 Å². The molecule has 0 aromatic carbocycles. The highest BCUT2D eigenvalue weighted by Gasteiger charge is 2.10. The fourth-order valence-electron chi connectivity index (χ4n) is 1.78. The molecule has 5 heteroatoms. The van der Waals surface area contributed by atoms with Gasteiger partial charge in [0, 0.05) is 11.6 Å². The molecule has 3 aromatic heterocycles. The van der Waals surface area contributed by atoms with Crippen LogP contribution in [0.3, 0.4) is 0 Å². The zero-order chi connectivity index (χ0) is 12.5. The van der Waals surface area contributed by atoms with Gasteiger partial charge in [0.1, 0.15) is 5.76 Å². The predicted molar refractivity (Wildman–Crippen MR) is 71.9 cm³/mol. The van der Waals surface area contributed by atoms with E-state index in [1.807, 2.05) is 29.6 Å². The summed E-state index contributed by atoms with van der Waals surface area (Å²) in [7, 11) is 0. The number of aromatic nitrogens is 1. The lowest BCUT2D eigenvalue weighted by Crippen LogP contribution is -2.27. The van der Waals surface area contributed by atoms with E-state index in [9.17, 15) is 4.79 Å². The maximum absolute atomic E-state index is 11.9. The van der Waals surface area contributed by atoms with E-state index in [1.165, 1.54) is 17.4 Å². The van der Waals surface area contributed by atoms with Gasteiger partial charge in [0.15, 0.2) is 0 Å². The van der Waals surface area contributed by atoms with E-state index in [2.05, 4.69) is 0 Å². The van der Waals surface area contributed by atoms with Crippen molar-refractivity contribution in [2.24, 2.45) is 0 Å². The van der Waals surface area contributed by atoms with E-state index in [-0.39, 0.29) is 5.56 Å². The quantitative estimate of drug-likeness (QED) is 0.718. The van der Waals surface area contributed by atoms with Gasteiger partial charge in [-0.2, -0.15) is 0 Å². The standard InChI is InChI=1S/C13H10N2O2S/c14-15-10(12-4-2-6-18-12)7-9(8-13(15)16)11-3-1-5-17-11/h1-8H,14H2. The van der Waals surface area contributed by atoms with Crippen LogP contribution in [0.5, 0.6) is 0 Å². The smallest absolute Gasteiger partial charge is 0.269 e. The molecule has 0 saturated carbocycles. The van der Waals surface area contributed by atoms with Crippen LogP contribution in [0.4, 0.5) is 0 Å². The van der Waals surface area contributed by atoms with Gasteiger partial charge in [-0.3, -0.25) is 4.79 Å². The number of thiophene rings is 1. The number of nitrogen functional groups attached to an aromatic ring is 1. The second kappa shape index (κ2) is 4.19. The van der Waals surface area contributed by atoms with Gasteiger partial charge < -0.3 is 10.3 Å². The van der Waals surface area contributed by atoms with Crippen LogP contribution in [0.2, 0.25) is 0 Å². The molecule has 90 valence electrons. The Balaban J connectivity index is 2.24. The first-order valence-corrected chi connectivity index (χ1v) is 6.23. The molecule has 3 rings (SSSR count). The summed E-state index contributed by atoms with van der Waals surface area (Å²) in [5, 5.41) is 1.94. The molecule has 0 atom stereocenters. The first kappa shape index (κ1) is 10.9. The molecule has 0 fully saturated rings. The van der Waals surface area contributed by atoms with Crippen LogP contribution >= 0.6 is 11.3 Å². The number of furan rings is 1. The highest BCUT2D eigenvalue weighted by atomic mass is 32.1. The summed E-state index contributed by atoms with van der Waals surface area (Å²) in [6.45, 7) is 0. The molecule has 0 bridgehead atoms. The Morgan fingerprint density at radius 3 is 2.78 bits per heavy atom. The minimum Gasteiger partial charge on any atom is -0.464 e. The average Bonchev–Trinajstić information content (AvgIpc) is 3.03. The summed E-state index contributed by atoms with van der Waals surface area (Å²) < 4.78 is 6.45. The van der Waals surface area contributed by atoms with E-state index in [1.54, 1.807) is 12.3 Å². The number of pyridine rings is 1. The van der Waals surface area contributed by atoms with Crippen molar-refractivity contribution in [2.75, 3.05) is 5.84 Å². The van der Waals surface area contributed by atoms with Crippen LogP contribution < -0.4 is 11.4 Å². The topological polar surface area (TPSA) is 61.2 Å². The van der Waals surface area contributed by atoms with Crippen molar-refractivity contribution in [2.45, 2.75) is 0 Å². The highest BCUT2D eigenvalue weighted by molar-refractivity contribution is 7.13. The van der Waals surface area contributed by atoms with Crippen LogP contribution in [0.15, 0.2) is 57.3 Å². The third-order valence-corrected chi connectivity index (χ3v) is 3.54. The summed E-state index contributed by atoms with van der Waals surface area (Å²) in [6, 6.07) is 10.8. The van der Waals surface area contributed by atoms with Gasteiger partial charge in [0.25, 0.3) is 5.56 Å². The molecule has 0 radical (unpaired) electrons. The van der Waals surface area contributed by atoms with E-state index in [0.29, 0.717) is 11.5 Å². The first-order valence-electron chi connectivity index (χ1n) is 5.35. The highest BCUT2D eigenvalue weighted by Crippen LogP contribution is 2.27. The molecule has 0 aliphatic heterocycles. The van der Waals surface area contributed by atoms with Crippen molar-refractivity contribution in [3.63, 3.8) is 0 Å². The van der Waals surface area contributed by atoms with Crippen LogP contribution in [-0.4, -0.2) is 4.68 Å². The van der Waals surface area contributed by atoms with Crippen molar-refractivity contribution < 1.29 is 4.42 Å². The maximum Gasteiger partial charge on any atom is 0.269 e. The number of nitrogens with two attached hydrogens (primary N) is 1. The van der Waals surface area contributed by atoms with E-state index in [4.69, 9.17) is 10.3 Å². The lowest BCUT2D eigenvalue weighted by atomic mass is 10.1. The monoisotopic (exact) mass is 258 g/mol. The fourth-order valence-corrected chi connectivity index (χ4v) is 2.52. The Kier molecular flexibility index (Phi) is 2.53. The minimum absolute atomic E-state index is 0.257. The Bertz CT molecular complexity index is 712. The third-order valence-electron chi connectivity index (χ3n) is 2.65. The summed E-state index contributed by atoms with van der Waals surface area (Å²) in [5.41, 5.74) is 1.16. The van der Waals surface area contributed by atoms with Crippen LogP contribution in [0.25, 0.3) is 21.9 Å². The summed E-state index contributed by atoms with van der Waals surface area (Å²) in [4.78, 5) is 12.8. The summed E-state index contributed by atoms with van der Waals surface area (Å²) >= 11 is 1.53. The molecule has 4 nitrogen and oxygen atoms in total. The van der Waals surface area contributed by atoms with Gasteiger partial charge in [-0.05, 0) is 29.6 Å². The Morgan fingerprint density at radius 2 is 2.11 bits per heavy atom. The molecular weight excluding hydrogens is 248 g/mol. The number of nitrogens with zero attached hydrogens (tertiary/aromatic N) is 1. The van der Waals surface area contributed by atoms with Gasteiger partial charge in [0.2, 0.25) is 0 Å². The van der Waals surface area contributed by atoms with Crippen LogP contribution in [-0.2, 0) is 0 Å². The largest absolute Gasteiger partial charge is 0.464 e. The summed E-state index contributed by atoms with van der Waals surface area (Å²) in [5.74, 6) is 6.43. The van der Waals surface area contributed by atoms with Crippen molar-refractivity contribution >= 4 is 11.3 Å². The van der Waals surface area contributed by atoms with Gasteiger partial charge in [-0.15, -0.1) is 11.3 Å². The predicted octanol–water partition coefficient (Wildman–Crippen LogP) is 2.55. The minimum atomic E-state index is -0.257. The molecule has 0 aliphatic carbocycles. The van der Waals surface area contributed by atoms with E-state index >= 15 is 0 Å². The molecule has 0 unspecified atom stereocenters. The molecular formula is C13H10N2O2S. The summed E-state index contributed by atoms with van der Waals surface area (Å²) in [6.07, 6.45) is 1.58. The van der Waals surface area contributed by atoms with E-state index in [0.717, 1.165) is 15.1 Å². The number of hydrogen-bond donors (Lipinski definition) is 1. The van der Waals surface area contributed by atoms with Gasteiger partial charge >= 0.3 is 0 Å². The second-order valence-electron chi connectivity index (χ2n) is 3.79. The molecule has 0 aliphatic rings. The SMILES string of the molecule is Nn1c(-c2cccs2)cc(-c2ccco2)cc1=O. The fraction of sp³-hybridized carbons (Fsp3) is 0. The zero-order valence-electron chi connectivity index (χ0n) is 9.37. The Morgan fingerprint density at radius 1 is 1.22 bits per heavy atom. The van der Waals surface area contributed by atoms with Crippen molar-refractivity contribution in [3.05, 3.63) is 58.4 Å². The molecule has 18 heavy (non-hydrogen) atoms. The number of hydrogen-bond acceptors (Lipinski definition) is 4. The van der Waals surface area contributed by atoms with E-state index < -0.39 is 0 Å². The van der Waals surface area contributed by atoms with Crippen LogP contribution in [0, 0.1) is 0 Å². The van der Waals surface area contributed by atoms with Gasteiger partial charge in [-0.1, -0.05) is 6.07 Å². The number of rotatable bonds is 2. The lowest BCUT2D eigenvalue weighted by Gasteiger charge is -2.07. The molecule has 2 N–H and O–H groups in total. The Labute approximate surface area is 107 Å². The molecule has 3 aromatic rings. The third kappa shape index (κ3) is 1.74. The lowest BCUT2D eigenvalue weighted by molar-refractivity contribution is 0.582. The zero-order valence-corrected chi connectivity index (χ0v) is 10.2. The second-order valence-corrected chi connectivity index (χ2v) is 4.74. The molecule has 0 saturated heterocycles. The van der Waals surface area contributed by atoms with Gasteiger partial charge in [0.05, 0.1) is 16.8 Å². The van der Waals surface area contributed by atoms with Crippen molar-refractivity contribution in [1.29, 1.82) is 0 Å². The Hall–Kier alpha value is -2.27. The molecule has 0 spiro atoms. The molecule has 3 heterocycles.